The van der Waals surface area contributed by atoms with E-state index < -0.39 is 0 Å². The van der Waals surface area contributed by atoms with Gasteiger partial charge in [0.1, 0.15) is 11.2 Å². The normalized spacial score (nSPS) is 12.2. The van der Waals surface area contributed by atoms with E-state index in [4.69, 9.17) is 4.42 Å². The van der Waals surface area contributed by atoms with Crippen molar-refractivity contribution in [3.8, 4) is 11.1 Å². The quantitative estimate of drug-likeness (QED) is 0.378. The van der Waals surface area contributed by atoms with E-state index in [9.17, 15) is 0 Å². The molecule has 0 spiro atoms. The van der Waals surface area contributed by atoms with Gasteiger partial charge in [-0.25, -0.2) is 0 Å². The van der Waals surface area contributed by atoms with E-state index in [1.807, 2.05) is 6.07 Å². The molecule has 2 bridgehead atoms. The summed E-state index contributed by atoms with van der Waals surface area (Å²) in [5, 5.41) is 4.93. The van der Waals surface area contributed by atoms with Gasteiger partial charge in [-0.1, -0.05) is 36.4 Å². The predicted molar refractivity (Wildman–Crippen MR) is 99.7 cm³/mol. The molecule has 112 valence electrons. The summed E-state index contributed by atoms with van der Waals surface area (Å²) < 4.78 is 5.89. The molecule has 0 aliphatic heterocycles. The van der Waals surface area contributed by atoms with Crippen LogP contribution in [-0.2, 0) is 0 Å². The second-order valence-electron chi connectivity index (χ2n) is 6.33. The van der Waals surface area contributed by atoms with E-state index in [-0.39, 0.29) is 0 Å². The van der Waals surface area contributed by atoms with Crippen LogP contribution in [0, 0.1) is 0 Å². The minimum Gasteiger partial charge on any atom is -0.456 e. The third kappa shape index (κ3) is 1.45. The van der Waals surface area contributed by atoms with Crippen LogP contribution in [0.2, 0.25) is 0 Å². The highest BCUT2D eigenvalue weighted by Crippen LogP contribution is 2.40. The second kappa shape index (κ2) is 4.18. The van der Waals surface area contributed by atoms with Crippen LogP contribution in [0.5, 0.6) is 0 Å². The first-order valence-corrected chi connectivity index (χ1v) is 8.13. The van der Waals surface area contributed by atoms with Gasteiger partial charge in [0.15, 0.2) is 0 Å². The van der Waals surface area contributed by atoms with Crippen LogP contribution in [-0.4, -0.2) is 4.98 Å². The van der Waals surface area contributed by atoms with E-state index in [2.05, 4.69) is 71.7 Å². The predicted octanol–water partition coefficient (Wildman–Crippen LogP) is 6.33. The van der Waals surface area contributed by atoms with Gasteiger partial charge in [-0.2, -0.15) is 0 Å². The molecule has 0 amide bonds. The summed E-state index contributed by atoms with van der Waals surface area (Å²) in [7, 11) is 0. The Morgan fingerprint density at radius 3 is 2.33 bits per heavy atom. The number of H-pyrrole nitrogens is 1. The number of benzene rings is 4. The van der Waals surface area contributed by atoms with Crippen molar-refractivity contribution in [1.29, 1.82) is 0 Å². The van der Waals surface area contributed by atoms with Crippen LogP contribution in [0.4, 0.5) is 0 Å². The monoisotopic (exact) mass is 307 g/mol. The molecule has 1 N–H and O–H groups in total. The molecular formula is C22H13NO. The lowest BCUT2D eigenvalue weighted by Gasteiger charge is -2.02. The van der Waals surface area contributed by atoms with Crippen molar-refractivity contribution in [2.45, 2.75) is 0 Å². The molecule has 3 aromatic carbocycles. The highest BCUT2D eigenvalue weighted by molar-refractivity contribution is 6.27. The maximum atomic E-state index is 5.89. The molecule has 0 atom stereocenters. The Hall–Kier alpha value is -3.26. The van der Waals surface area contributed by atoms with E-state index in [1.54, 1.807) is 0 Å². The molecule has 6 rings (SSSR count). The van der Waals surface area contributed by atoms with E-state index in [0.717, 1.165) is 22.2 Å². The zero-order valence-corrected chi connectivity index (χ0v) is 12.8. The maximum absolute atomic E-state index is 5.89. The number of aromatic nitrogens is 1. The van der Waals surface area contributed by atoms with Crippen molar-refractivity contribution >= 4 is 43.7 Å². The third-order valence-corrected chi connectivity index (χ3v) is 4.99. The molecule has 2 heteroatoms. The minimum absolute atomic E-state index is 0.968. The molecule has 0 aliphatic rings. The van der Waals surface area contributed by atoms with Gasteiger partial charge in [-0.15, -0.1) is 0 Å². The summed E-state index contributed by atoms with van der Waals surface area (Å²) >= 11 is 0. The fraction of sp³-hybridized carbons (Fsp3) is 0. The van der Waals surface area contributed by atoms with Gasteiger partial charge >= 0.3 is 0 Å². The molecule has 3 heterocycles. The average molecular weight is 307 g/mol. The van der Waals surface area contributed by atoms with Gasteiger partial charge in [0, 0.05) is 32.6 Å². The SMILES string of the molecule is c1ccc(-c2ccc3[nH]c4ccc5c6ccc(o6)c5c4c3c2)cc1. The number of nitrogens with one attached hydrogen (secondary N) is 1. The first kappa shape index (κ1) is 12.2. The lowest BCUT2D eigenvalue weighted by molar-refractivity contribution is 0.679. The average Bonchev–Trinajstić information content (AvgIpc) is 3.34. The van der Waals surface area contributed by atoms with E-state index in [1.165, 1.54) is 32.7 Å². The van der Waals surface area contributed by atoms with Gasteiger partial charge in [0.05, 0.1) is 0 Å². The maximum Gasteiger partial charge on any atom is 0.136 e. The topological polar surface area (TPSA) is 28.9 Å². The number of rotatable bonds is 1. The lowest BCUT2D eigenvalue weighted by Crippen LogP contribution is -1.77. The van der Waals surface area contributed by atoms with Crippen molar-refractivity contribution in [2.75, 3.05) is 0 Å². The van der Waals surface area contributed by atoms with Crippen molar-refractivity contribution in [1.82, 2.24) is 4.98 Å². The van der Waals surface area contributed by atoms with Gasteiger partial charge in [-0.3, -0.25) is 0 Å². The highest BCUT2D eigenvalue weighted by atomic mass is 16.3. The van der Waals surface area contributed by atoms with Crippen molar-refractivity contribution < 1.29 is 4.42 Å². The molecule has 24 heavy (non-hydrogen) atoms. The largest absolute Gasteiger partial charge is 0.456 e. The highest BCUT2D eigenvalue weighted by Gasteiger charge is 2.16. The van der Waals surface area contributed by atoms with Gasteiger partial charge in [0.25, 0.3) is 0 Å². The Bertz CT molecular complexity index is 1340. The molecule has 0 saturated carbocycles. The third-order valence-electron chi connectivity index (χ3n) is 4.99. The van der Waals surface area contributed by atoms with Crippen molar-refractivity contribution in [3.05, 3.63) is 72.8 Å². The van der Waals surface area contributed by atoms with Crippen molar-refractivity contribution in [2.24, 2.45) is 0 Å². The summed E-state index contributed by atoms with van der Waals surface area (Å²) in [5.74, 6) is 0. The first-order valence-electron chi connectivity index (χ1n) is 8.13. The number of fused-ring (bicyclic) bond motifs is 9. The van der Waals surface area contributed by atoms with Crippen LogP contribution in [0.15, 0.2) is 77.2 Å². The molecule has 0 unspecified atom stereocenters. The molecule has 0 fully saturated rings. The van der Waals surface area contributed by atoms with Gasteiger partial charge < -0.3 is 9.40 Å². The summed E-state index contributed by atoms with van der Waals surface area (Å²) in [4.78, 5) is 3.54. The van der Waals surface area contributed by atoms with Crippen LogP contribution < -0.4 is 0 Å². The fourth-order valence-corrected chi connectivity index (χ4v) is 3.88. The van der Waals surface area contributed by atoms with E-state index in [0.29, 0.717) is 0 Å². The Balaban J connectivity index is 1.79. The second-order valence-corrected chi connectivity index (χ2v) is 6.33. The molecule has 2 nitrogen and oxygen atoms in total. The Labute approximate surface area is 137 Å². The first-order chi connectivity index (χ1) is 11.9. The fourth-order valence-electron chi connectivity index (χ4n) is 3.88. The number of hydrogen-bond donors (Lipinski definition) is 1. The van der Waals surface area contributed by atoms with Crippen LogP contribution in [0.1, 0.15) is 0 Å². The summed E-state index contributed by atoms with van der Waals surface area (Å²) in [6.45, 7) is 0. The van der Waals surface area contributed by atoms with E-state index >= 15 is 0 Å². The Morgan fingerprint density at radius 1 is 0.583 bits per heavy atom. The zero-order chi connectivity index (χ0) is 15.7. The molecule has 6 aromatic rings. The molecular weight excluding hydrogens is 294 g/mol. The Morgan fingerprint density at radius 2 is 1.42 bits per heavy atom. The summed E-state index contributed by atoms with van der Waals surface area (Å²) in [6, 6.07) is 25.6. The molecule has 0 saturated heterocycles. The smallest absolute Gasteiger partial charge is 0.136 e. The minimum atomic E-state index is 0.968. The van der Waals surface area contributed by atoms with Gasteiger partial charge in [0.2, 0.25) is 0 Å². The van der Waals surface area contributed by atoms with Crippen LogP contribution in [0.25, 0.3) is 54.9 Å². The van der Waals surface area contributed by atoms with Crippen LogP contribution >= 0.6 is 0 Å². The number of aromatic amines is 1. The van der Waals surface area contributed by atoms with Gasteiger partial charge in [-0.05, 0) is 47.5 Å². The zero-order valence-electron chi connectivity index (χ0n) is 12.8. The molecule has 3 aromatic heterocycles. The van der Waals surface area contributed by atoms with Crippen LogP contribution in [0.3, 0.4) is 0 Å². The standard InChI is InChI=1S/C22H13NO/c1-2-4-13(5-3-1)14-6-8-17-16(12-14)21-18(23-17)9-7-15-19-10-11-20(24-19)22(15)21/h1-12,23H. The number of hydrogen-bond acceptors (Lipinski definition) is 1. The molecule has 0 aliphatic carbocycles. The number of furan rings is 2. The Kier molecular flexibility index (Phi) is 2.12. The summed E-state index contributed by atoms with van der Waals surface area (Å²) in [6.07, 6.45) is 0. The van der Waals surface area contributed by atoms with Crippen molar-refractivity contribution in [3.63, 3.8) is 0 Å². The molecule has 0 radical (unpaired) electrons. The summed E-state index contributed by atoms with van der Waals surface area (Å²) in [5.41, 5.74) is 6.73. The lowest BCUT2D eigenvalue weighted by atomic mass is 10.0.